The van der Waals surface area contributed by atoms with Crippen molar-refractivity contribution in [1.82, 2.24) is 0 Å². The molecule has 2 radical (unpaired) electrons. The molecule has 1 saturated carbocycles. The summed E-state index contributed by atoms with van der Waals surface area (Å²) in [7, 11) is 0. The molecule has 1 atom stereocenters. The largest absolute Gasteiger partial charge is 0.378 e. The Hall–Kier alpha value is -0.440. The van der Waals surface area contributed by atoms with E-state index in [0.717, 1.165) is 19.4 Å². The van der Waals surface area contributed by atoms with Crippen LogP contribution in [0.5, 0.6) is 0 Å². The van der Waals surface area contributed by atoms with Gasteiger partial charge in [-0.25, -0.2) is 0 Å². The van der Waals surface area contributed by atoms with Gasteiger partial charge < -0.3 is 4.74 Å². The van der Waals surface area contributed by atoms with E-state index in [1.165, 1.54) is 77.0 Å². The van der Waals surface area contributed by atoms with Crippen LogP contribution in [0.25, 0.3) is 0 Å². The first-order valence-corrected chi connectivity index (χ1v) is 10.2. The van der Waals surface area contributed by atoms with E-state index in [9.17, 15) is 9.18 Å². The van der Waals surface area contributed by atoms with Crippen LogP contribution in [0.3, 0.4) is 0 Å². The highest BCUT2D eigenvalue weighted by Gasteiger charge is 2.13. The van der Waals surface area contributed by atoms with Crippen molar-refractivity contribution in [3.05, 3.63) is 6.42 Å². The lowest BCUT2D eigenvalue weighted by Gasteiger charge is -2.21. The third-order valence-corrected chi connectivity index (χ3v) is 5.04. The molecule has 0 N–H and O–H groups in total. The summed E-state index contributed by atoms with van der Waals surface area (Å²) < 4.78 is 18.2. The Balaban J connectivity index is 1.72. The van der Waals surface area contributed by atoms with Gasteiger partial charge >= 0.3 is 0 Å². The molecular weight excluding hydrogens is 303 g/mol. The van der Waals surface area contributed by atoms with E-state index >= 15 is 0 Å². The Bertz CT molecular complexity index is 277. The molecule has 1 fully saturated rings. The van der Waals surface area contributed by atoms with E-state index in [4.69, 9.17) is 4.74 Å². The van der Waals surface area contributed by atoms with Crippen LogP contribution in [0.2, 0.25) is 0 Å². The molecule has 0 aromatic heterocycles. The molecule has 0 aliphatic heterocycles. The Morgan fingerprint density at radius 3 is 2.00 bits per heavy atom. The average Bonchev–Trinajstić information content (AvgIpc) is 2.63. The Kier molecular flexibility index (Phi) is 14.4. The molecule has 0 aromatic rings. The Morgan fingerprint density at radius 2 is 1.46 bits per heavy atom. The van der Waals surface area contributed by atoms with E-state index in [0.29, 0.717) is 12.5 Å². The number of alkyl halides is 1. The molecule has 0 bridgehead atoms. The van der Waals surface area contributed by atoms with E-state index in [1.54, 1.807) is 6.29 Å². The van der Waals surface area contributed by atoms with Crippen LogP contribution in [-0.2, 0) is 9.53 Å². The third-order valence-electron chi connectivity index (χ3n) is 5.04. The second-order valence-electron chi connectivity index (χ2n) is 7.23. The molecule has 1 aliphatic carbocycles. The second kappa shape index (κ2) is 16.1. The molecule has 0 amide bonds. The maximum Gasteiger partial charge on any atom is 0.204 e. The van der Waals surface area contributed by atoms with Crippen molar-refractivity contribution >= 4 is 6.29 Å². The fourth-order valence-electron chi connectivity index (χ4n) is 3.39. The molecule has 1 rings (SSSR count). The van der Waals surface area contributed by atoms with Gasteiger partial charge in [-0.15, -0.1) is 0 Å². The number of ether oxygens (including phenoxy) is 1. The number of hydrogen-bond donors (Lipinski definition) is 0. The van der Waals surface area contributed by atoms with Gasteiger partial charge in [-0.3, -0.25) is 9.18 Å². The topological polar surface area (TPSA) is 26.3 Å². The quantitative estimate of drug-likeness (QED) is 0.316. The molecule has 0 heterocycles. The number of halogens is 1. The lowest BCUT2D eigenvalue weighted by Crippen LogP contribution is -2.17. The average molecular weight is 341 g/mol. The summed E-state index contributed by atoms with van der Waals surface area (Å²) in [6.07, 6.45) is 22.6. The van der Waals surface area contributed by atoms with Crippen molar-refractivity contribution in [3.63, 3.8) is 0 Å². The summed E-state index contributed by atoms with van der Waals surface area (Å²) in [4.78, 5) is 10.4. The Labute approximate surface area is 148 Å². The molecule has 24 heavy (non-hydrogen) atoms. The predicted octanol–water partition coefficient (Wildman–Crippen LogP) is 6.14. The van der Waals surface area contributed by atoms with Crippen LogP contribution in [0, 0.1) is 12.3 Å². The highest BCUT2D eigenvalue weighted by atomic mass is 19.1. The molecule has 1 unspecified atom stereocenters. The zero-order valence-electron chi connectivity index (χ0n) is 15.4. The maximum atomic E-state index is 12.3. The second-order valence-corrected chi connectivity index (χ2v) is 7.23. The smallest absolute Gasteiger partial charge is 0.204 e. The highest BCUT2D eigenvalue weighted by molar-refractivity contribution is 5.54. The zero-order chi connectivity index (χ0) is 17.3. The van der Waals surface area contributed by atoms with Gasteiger partial charge in [-0.2, -0.15) is 0 Å². The van der Waals surface area contributed by atoms with Crippen LogP contribution in [0.15, 0.2) is 0 Å². The predicted molar refractivity (Wildman–Crippen MR) is 98.5 cm³/mol. The number of carbonyl (C=O) groups excluding carboxylic acids is 1. The molecular formula is C21H37FO2. The fraction of sp³-hybridized carbons (Fsp3) is 0.905. The van der Waals surface area contributed by atoms with E-state index in [-0.39, 0.29) is 0 Å². The van der Waals surface area contributed by atoms with Crippen LogP contribution in [0.4, 0.5) is 4.39 Å². The van der Waals surface area contributed by atoms with E-state index in [2.05, 4.69) is 6.42 Å². The molecule has 2 nitrogen and oxygen atoms in total. The molecule has 1 aliphatic rings. The van der Waals surface area contributed by atoms with Gasteiger partial charge in [0.2, 0.25) is 6.29 Å². The first-order chi connectivity index (χ1) is 11.9. The van der Waals surface area contributed by atoms with Crippen LogP contribution in [0.1, 0.15) is 96.3 Å². The van der Waals surface area contributed by atoms with Crippen molar-refractivity contribution in [2.24, 2.45) is 5.92 Å². The van der Waals surface area contributed by atoms with E-state index < -0.39 is 12.6 Å². The third kappa shape index (κ3) is 12.0. The first-order valence-electron chi connectivity index (χ1n) is 10.2. The maximum absolute atomic E-state index is 12.3. The van der Waals surface area contributed by atoms with Crippen molar-refractivity contribution in [1.29, 1.82) is 0 Å². The van der Waals surface area contributed by atoms with Crippen molar-refractivity contribution in [2.45, 2.75) is 102 Å². The SMILES string of the molecule is O=[C]C(CF)CCCCCCCCCCCCOC1CC[CH]CC1. The number of hydrogen-bond acceptors (Lipinski definition) is 2. The summed E-state index contributed by atoms with van der Waals surface area (Å²) in [5, 5.41) is 0. The Morgan fingerprint density at radius 1 is 0.917 bits per heavy atom. The summed E-state index contributed by atoms with van der Waals surface area (Å²) in [5.74, 6) is -0.481. The van der Waals surface area contributed by atoms with Gasteiger partial charge in [0.15, 0.2) is 0 Å². The number of unbranched alkanes of at least 4 members (excludes halogenated alkanes) is 9. The van der Waals surface area contributed by atoms with Crippen LogP contribution < -0.4 is 0 Å². The summed E-state index contributed by atoms with van der Waals surface area (Å²) in [6.45, 7) is 0.399. The van der Waals surface area contributed by atoms with Gasteiger partial charge in [-0.05, 0) is 44.9 Å². The highest BCUT2D eigenvalue weighted by Crippen LogP contribution is 2.20. The standard InChI is InChI=1S/C21H37FO2/c22-18-20(19-23)14-10-7-5-3-1-2-4-6-8-13-17-24-21-15-11-9-12-16-21/h9,20-21H,1-8,10-18H2. The van der Waals surface area contributed by atoms with Crippen molar-refractivity contribution in [2.75, 3.05) is 13.3 Å². The minimum atomic E-state index is -0.548. The molecule has 0 spiro atoms. The van der Waals surface area contributed by atoms with Gasteiger partial charge in [0.05, 0.1) is 18.7 Å². The van der Waals surface area contributed by atoms with Crippen molar-refractivity contribution in [3.8, 4) is 0 Å². The molecule has 0 saturated heterocycles. The lowest BCUT2D eigenvalue weighted by molar-refractivity contribution is 0.0326. The monoisotopic (exact) mass is 340 g/mol. The van der Waals surface area contributed by atoms with Gasteiger partial charge in [-0.1, -0.05) is 57.8 Å². The van der Waals surface area contributed by atoms with Gasteiger partial charge in [0.25, 0.3) is 0 Å². The van der Waals surface area contributed by atoms with Crippen LogP contribution >= 0.6 is 0 Å². The summed E-state index contributed by atoms with van der Waals surface area (Å²) in [6, 6.07) is 0. The van der Waals surface area contributed by atoms with Crippen LogP contribution in [-0.4, -0.2) is 25.7 Å². The molecule has 0 aromatic carbocycles. The minimum Gasteiger partial charge on any atom is -0.378 e. The number of rotatable bonds is 16. The lowest BCUT2D eigenvalue weighted by atomic mass is 9.98. The first kappa shape index (κ1) is 21.6. The molecule has 140 valence electrons. The minimum absolute atomic E-state index is 0.481. The zero-order valence-corrected chi connectivity index (χ0v) is 15.4. The van der Waals surface area contributed by atoms with Gasteiger partial charge in [0, 0.05) is 6.61 Å². The summed E-state index contributed by atoms with van der Waals surface area (Å²) >= 11 is 0. The molecule has 3 heteroatoms. The van der Waals surface area contributed by atoms with Gasteiger partial charge in [0.1, 0.15) is 0 Å². The summed E-state index contributed by atoms with van der Waals surface area (Å²) in [5.41, 5.74) is 0. The fourth-order valence-corrected chi connectivity index (χ4v) is 3.39. The normalized spacial score (nSPS) is 17.0. The van der Waals surface area contributed by atoms with E-state index in [1.807, 2.05) is 0 Å². The van der Waals surface area contributed by atoms with Crippen molar-refractivity contribution < 1.29 is 13.9 Å².